The quantitative estimate of drug-likeness (QED) is 0.680. The molecule has 0 radical (unpaired) electrons. The lowest BCUT2D eigenvalue weighted by atomic mass is 10.2. The highest BCUT2D eigenvalue weighted by Crippen LogP contribution is 2.18. The van der Waals surface area contributed by atoms with Crippen molar-refractivity contribution in [1.29, 1.82) is 5.26 Å². The fraction of sp³-hybridized carbons (Fsp3) is 0.778. The summed E-state index contributed by atoms with van der Waals surface area (Å²) in [6, 6.07) is 1.55. The molecule has 1 amide bonds. The van der Waals surface area contributed by atoms with Crippen LogP contribution < -0.4 is 0 Å². The van der Waals surface area contributed by atoms with Crippen LogP contribution in [-0.4, -0.2) is 43.3 Å². The smallest absolute Gasteiger partial charge is 0.237 e. The monoisotopic (exact) mass is 230 g/mol. The molecular weight excluding hydrogens is 216 g/mol. The summed E-state index contributed by atoms with van der Waals surface area (Å²) in [5.74, 6) is -0.0893. The van der Waals surface area contributed by atoms with Crippen molar-refractivity contribution >= 4 is 15.7 Å². The van der Waals surface area contributed by atoms with Crippen molar-refractivity contribution < 1.29 is 13.2 Å². The first kappa shape index (κ1) is 12.0. The largest absolute Gasteiger partial charge is 0.338 e. The first-order valence-corrected chi connectivity index (χ1v) is 6.69. The molecule has 1 saturated heterocycles. The van der Waals surface area contributed by atoms with Crippen molar-refractivity contribution in [2.24, 2.45) is 0 Å². The molecule has 15 heavy (non-hydrogen) atoms. The first-order valence-electron chi connectivity index (χ1n) is 4.87. The van der Waals surface area contributed by atoms with Gasteiger partial charge in [-0.25, -0.2) is 8.42 Å². The summed E-state index contributed by atoms with van der Waals surface area (Å²) in [6.45, 7) is 2.25. The zero-order chi connectivity index (χ0) is 11.5. The lowest BCUT2D eigenvalue weighted by Crippen LogP contribution is -2.40. The van der Waals surface area contributed by atoms with Crippen LogP contribution in [0.1, 0.15) is 19.8 Å². The third kappa shape index (κ3) is 2.93. The van der Waals surface area contributed by atoms with E-state index in [4.69, 9.17) is 5.26 Å². The van der Waals surface area contributed by atoms with Crippen LogP contribution >= 0.6 is 0 Å². The van der Waals surface area contributed by atoms with Crippen LogP contribution in [0.5, 0.6) is 0 Å². The van der Waals surface area contributed by atoms with Crippen molar-refractivity contribution in [3.63, 3.8) is 0 Å². The van der Waals surface area contributed by atoms with Gasteiger partial charge in [0.15, 0.2) is 9.84 Å². The lowest BCUT2D eigenvalue weighted by molar-refractivity contribution is -0.131. The molecule has 6 heteroatoms. The molecule has 1 fully saturated rings. The predicted octanol–water partition coefficient (Wildman–Crippen LogP) is -0.0643. The first-order chi connectivity index (χ1) is 7.00. The van der Waals surface area contributed by atoms with Gasteiger partial charge in [0.2, 0.25) is 5.91 Å². The maximum Gasteiger partial charge on any atom is 0.237 e. The van der Waals surface area contributed by atoms with Gasteiger partial charge in [0.1, 0.15) is 6.42 Å². The molecule has 0 aromatic carbocycles. The molecule has 1 aliphatic rings. The van der Waals surface area contributed by atoms with Gasteiger partial charge in [0, 0.05) is 12.6 Å². The summed E-state index contributed by atoms with van der Waals surface area (Å²) >= 11 is 0. The van der Waals surface area contributed by atoms with E-state index in [1.165, 1.54) is 4.90 Å². The SMILES string of the molecule is CCN(C(=O)CC#N)C1CCS(=O)(=O)C1. The van der Waals surface area contributed by atoms with Gasteiger partial charge < -0.3 is 4.90 Å². The molecule has 1 aliphatic heterocycles. The molecule has 5 nitrogen and oxygen atoms in total. The molecule has 0 spiro atoms. The van der Waals surface area contributed by atoms with Crippen LogP contribution in [0, 0.1) is 11.3 Å². The van der Waals surface area contributed by atoms with Crippen molar-refractivity contribution in [3.05, 3.63) is 0 Å². The summed E-state index contributed by atoms with van der Waals surface area (Å²) in [5.41, 5.74) is 0. The third-order valence-electron chi connectivity index (χ3n) is 2.54. The Morgan fingerprint density at radius 1 is 1.60 bits per heavy atom. The number of hydrogen-bond acceptors (Lipinski definition) is 4. The highest BCUT2D eigenvalue weighted by molar-refractivity contribution is 7.91. The van der Waals surface area contributed by atoms with E-state index in [2.05, 4.69) is 0 Å². The van der Waals surface area contributed by atoms with E-state index >= 15 is 0 Å². The van der Waals surface area contributed by atoms with Gasteiger partial charge in [-0.1, -0.05) is 0 Å². The number of rotatable bonds is 3. The summed E-state index contributed by atoms with van der Waals surface area (Å²) in [7, 11) is -2.98. The number of carbonyl (C=O) groups is 1. The second-order valence-electron chi connectivity index (χ2n) is 3.57. The van der Waals surface area contributed by atoms with E-state index in [9.17, 15) is 13.2 Å². The maximum atomic E-state index is 11.5. The molecular formula is C9H14N2O3S. The molecule has 0 N–H and O–H groups in total. The topological polar surface area (TPSA) is 78.2 Å². The second-order valence-corrected chi connectivity index (χ2v) is 5.80. The molecule has 0 bridgehead atoms. The van der Waals surface area contributed by atoms with E-state index < -0.39 is 9.84 Å². The Morgan fingerprint density at radius 3 is 2.67 bits per heavy atom. The fourth-order valence-electron chi connectivity index (χ4n) is 1.83. The molecule has 0 aliphatic carbocycles. The van der Waals surface area contributed by atoms with Crippen LogP contribution in [0.2, 0.25) is 0 Å². The highest BCUT2D eigenvalue weighted by Gasteiger charge is 2.33. The van der Waals surface area contributed by atoms with Crippen molar-refractivity contribution in [2.75, 3.05) is 18.1 Å². The van der Waals surface area contributed by atoms with Crippen LogP contribution in [0.25, 0.3) is 0 Å². The average Bonchev–Trinajstić information content (AvgIpc) is 2.48. The maximum absolute atomic E-state index is 11.5. The standard InChI is InChI=1S/C9H14N2O3S/c1-2-11(9(12)3-5-10)8-4-6-15(13,14)7-8/h8H,2-4,6-7H2,1H3. The van der Waals surface area contributed by atoms with Gasteiger partial charge in [-0.15, -0.1) is 0 Å². The van der Waals surface area contributed by atoms with Crippen LogP contribution in [0.3, 0.4) is 0 Å². The summed E-state index contributed by atoms with van der Waals surface area (Å²) in [4.78, 5) is 13.0. The predicted molar refractivity (Wildman–Crippen MR) is 54.7 cm³/mol. The van der Waals surface area contributed by atoms with Crippen LogP contribution in [0.15, 0.2) is 0 Å². The summed E-state index contributed by atoms with van der Waals surface area (Å²) in [5, 5.41) is 8.41. The highest BCUT2D eigenvalue weighted by atomic mass is 32.2. The zero-order valence-corrected chi connectivity index (χ0v) is 9.46. The number of carbonyl (C=O) groups excluding carboxylic acids is 1. The van der Waals surface area contributed by atoms with Gasteiger partial charge in [-0.05, 0) is 13.3 Å². The van der Waals surface area contributed by atoms with Gasteiger partial charge in [-0.2, -0.15) is 5.26 Å². The summed E-state index contributed by atoms with van der Waals surface area (Å²) in [6.07, 6.45) is 0.317. The number of nitriles is 1. The number of sulfone groups is 1. The van der Waals surface area contributed by atoms with Gasteiger partial charge in [0.25, 0.3) is 0 Å². The Labute approximate surface area is 89.6 Å². The molecule has 1 atom stereocenters. The Balaban J connectivity index is 2.69. The Bertz CT molecular complexity index is 383. The molecule has 1 rings (SSSR count). The van der Waals surface area contributed by atoms with E-state index in [1.54, 1.807) is 13.0 Å². The van der Waals surface area contributed by atoms with E-state index in [0.717, 1.165) is 0 Å². The van der Waals surface area contributed by atoms with Crippen LogP contribution in [-0.2, 0) is 14.6 Å². The minimum absolute atomic E-state index is 0.0397. The fourth-order valence-corrected chi connectivity index (χ4v) is 3.56. The van der Waals surface area contributed by atoms with E-state index in [0.29, 0.717) is 13.0 Å². The molecule has 1 unspecified atom stereocenters. The van der Waals surface area contributed by atoms with Gasteiger partial charge >= 0.3 is 0 Å². The Kier molecular flexibility index (Phi) is 3.69. The molecule has 1 heterocycles. The Hall–Kier alpha value is -1.09. The van der Waals surface area contributed by atoms with Crippen molar-refractivity contribution in [2.45, 2.75) is 25.8 Å². The minimum Gasteiger partial charge on any atom is -0.338 e. The third-order valence-corrected chi connectivity index (χ3v) is 4.29. The zero-order valence-electron chi connectivity index (χ0n) is 8.64. The number of amides is 1. The van der Waals surface area contributed by atoms with Crippen LogP contribution in [0.4, 0.5) is 0 Å². The molecule has 0 aromatic heterocycles. The Morgan fingerprint density at radius 2 is 2.27 bits per heavy atom. The van der Waals surface area contributed by atoms with Crippen molar-refractivity contribution in [3.8, 4) is 6.07 Å². The van der Waals surface area contributed by atoms with E-state index in [-0.39, 0.29) is 29.9 Å². The number of hydrogen-bond donors (Lipinski definition) is 0. The normalized spacial score (nSPS) is 23.3. The van der Waals surface area contributed by atoms with Gasteiger partial charge in [0.05, 0.1) is 17.6 Å². The van der Waals surface area contributed by atoms with Gasteiger partial charge in [-0.3, -0.25) is 4.79 Å². The lowest BCUT2D eigenvalue weighted by Gasteiger charge is -2.25. The number of nitrogens with zero attached hydrogens (tertiary/aromatic N) is 2. The minimum atomic E-state index is -2.98. The molecule has 84 valence electrons. The van der Waals surface area contributed by atoms with Crippen molar-refractivity contribution in [1.82, 2.24) is 4.90 Å². The van der Waals surface area contributed by atoms with E-state index in [1.807, 2.05) is 0 Å². The summed E-state index contributed by atoms with van der Waals surface area (Å²) < 4.78 is 22.5. The molecule has 0 aromatic rings. The average molecular weight is 230 g/mol. The molecule has 0 saturated carbocycles. The second kappa shape index (κ2) is 4.62.